The lowest BCUT2D eigenvalue weighted by Crippen LogP contribution is -2.31. The van der Waals surface area contributed by atoms with Gasteiger partial charge in [0.05, 0.1) is 0 Å². The lowest BCUT2D eigenvalue weighted by molar-refractivity contribution is -0.120. The molecule has 0 aliphatic heterocycles. The Kier molecular flexibility index (Phi) is 4.72. The van der Waals surface area contributed by atoms with Crippen molar-refractivity contribution in [2.45, 2.75) is 6.42 Å². The summed E-state index contributed by atoms with van der Waals surface area (Å²) in [6.45, 7) is 0. The minimum atomic E-state index is -2.81. The molecule has 0 saturated carbocycles. The molecule has 3 N–H and O–H groups in total. The molecule has 0 unspecified atom stereocenters. The Labute approximate surface area is 118 Å². The van der Waals surface area contributed by atoms with Gasteiger partial charge in [0.15, 0.2) is 0 Å². The second-order valence-corrected chi connectivity index (χ2v) is 7.41. The van der Waals surface area contributed by atoms with Gasteiger partial charge < -0.3 is 4.57 Å². The fourth-order valence-electron chi connectivity index (χ4n) is 2.08. The monoisotopic (exact) mass is 288 g/mol. The Bertz CT molecular complexity index is 571. The molecule has 2 aromatic carbocycles. The number of hydrogen-bond donors (Lipinski definition) is 2. The number of carbonyl (C=O) groups is 1. The minimum Gasteiger partial charge on any atom is -0.314 e. The molecule has 104 valence electrons. The Morgan fingerprint density at radius 1 is 0.950 bits per heavy atom. The van der Waals surface area contributed by atoms with Crippen molar-refractivity contribution in [2.75, 3.05) is 6.16 Å². The summed E-state index contributed by atoms with van der Waals surface area (Å²) in [6, 6.07) is 18.5. The molecule has 0 radical (unpaired) electrons. The fourth-order valence-corrected chi connectivity index (χ4v) is 4.72. The molecule has 0 aliphatic carbocycles. The van der Waals surface area contributed by atoms with E-state index in [1.54, 1.807) is 0 Å². The molecule has 0 fully saturated rings. The molecule has 0 bridgehead atoms. The third-order valence-corrected chi connectivity index (χ3v) is 6.28. The normalized spacial score (nSPS) is 11.1. The lowest BCUT2D eigenvalue weighted by atomic mass is 10.4. The molecule has 20 heavy (non-hydrogen) atoms. The van der Waals surface area contributed by atoms with E-state index in [4.69, 9.17) is 5.84 Å². The summed E-state index contributed by atoms with van der Waals surface area (Å²) in [7, 11) is -2.81. The van der Waals surface area contributed by atoms with E-state index in [-0.39, 0.29) is 18.5 Å². The molecule has 2 aromatic rings. The SMILES string of the molecule is NNC(=O)CCP(=O)(c1ccccc1)c1ccccc1. The van der Waals surface area contributed by atoms with Crippen LogP contribution in [0.5, 0.6) is 0 Å². The molecule has 0 spiro atoms. The van der Waals surface area contributed by atoms with Crippen molar-refractivity contribution in [3.63, 3.8) is 0 Å². The first-order valence-electron chi connectivity index (χ1n) is 6.36. The van der Waals surface area contributed by atoms with Crippen LogP contribution in [0.25, 0.3) is 0 Å². The first-order valence-corrected chi connectivity index (χ1v) is 8.26. The number of carbonyl (C=O) groups excluding carboxylic acids is 1. The van der Waals surface area contributed by atoms with E-state index in [1.807, 2.05) is 60.7 Å². The topological polar surface area (TPSA) is 72.2 Å². The Morgan fingerprint density at radius 2 is 1.40 bits per heavy atom. The van der Waals surface area contributed by atoms with Gasteiger partial charge in [-0.05, 0) is 0 Å². The predicted octanol–water partition coefficient (Wildman–Crippen LogP) is 1.38. The number of amides is 1. The van der Waals surface area contributed by atoms with Crippen molar-refractivity contribution in [1.82, 2.24) is 5.43 Å². The maximum absolute atomic E-state index is 13.4. The molecular formula is C15H17N2O2P. The highest BCUT2D eigenvalue weighted by Crippen LogP contribution is 2.43. The zero-order valence-electron chi connectivity index (χ0n) is 11.0. The number of hydrazine groups is 1. The number of benzene rings is 2. The van der Waals surface area contributed by atoms with E-state index in [0.29, 0.717) is 0 Å². The second-order valence-electron chi connectivity index (χ2n) is 4.45. The molecule has 2 rings (SSSR count). The van der Waals surface area contributed by atoms with Crippen LogP contribution in [0.15, 0.2) is 60.7 Å². The van der Waals surface area contributed by atoms with Crippen molar-refractivity contribution in [2.24, 2.45) is 5.84 Å². The lowest BCUT2D eigenvalue weighted by Gasteiger charge is -2.18. The van der Waals surface area contributed by atoms with Gasteiger partial charge in [-0.25, -0.2) is 5.84 Å². The summed E-state index contributed by atoms with van der Waals surface area (Å²) < 4.78 is 13.4. The molecule has 1 amide bonds. The second kappa shape index (κ2) is 6.51. The average Bonchev–Trinajstić information content (AvgIpc) is 2.54. The largest absolute Gasteiger partial charge is 0.314 e. The molecule has 0 aliphatic rings. The summed E-state index contributed by atoms with van der Waals surface area (Å²) in [4.78, 5) is 11.4. The van der Waals surface area contributed by atoms with Gasteiger partial charge in [0.2, 0.25) is 5.91 Å². The van der Waals surface area contributed by atoms with Crippen molar-refractivity contribution in [1.29, 1.82) is 0 Å². The van der Waals surface area contributed by atoms with Crippen LogP contribution < -0.4 is 21.9 Å². The maximum atomic E-state index is 13.4. The van der Waals surface area contributed by atoms with Crippen LogP contribution in [0.1, 0.15) is 6.42 Å². The summed E-state index contributed by atoms with van der Waals surface area (Å²) in [5.41, 5.74) is 2.08. The van der Waals surface area contributed by atoms with Crippen LogP contribution in [0.3, 0.4) is 0 Å². The number of hydrogen-bond acceptors (Lipinski definition) is 3. The van der Waals surface area contributed by atoms with E-state index in [1.165, 1.54) is 0 Å². The Morgan fingerprint density at radius 3 is 1.80 bits per heavy atom. The van der Waals surface area contributed by atoms with Gasteiger partial charge in [-0.1, -0.05) is 60.7 Å². The molecule has 0 atom stereocenters. The number of nitrogens with one attached hydrogen (secondary N) is 1. The average molecular weight is 288 g/mol. The summed E-state index contributed by atoms with van der Waals surface area (Å²) in [6.07, 6.45) is 0.404. The van der Waals surface area contributed by atoms with Gasteiger partial charge in [0.25, 0.3) is 0 Å². The van der Waals surface area contributed by atoms with Gasteiger partial charge in [-0.15, -0.1) is 0 Å². The Balaban J connectivity index is 2.39. The van der Waals surface area contributed by atoms with Gasteiger partial charge in [-0.3, -0.25) is 10.2 Å². The zero-order chi connectivity index (χ0) is 14.4. The highest BCUT2D eigenvalue weighted by atomic mass is 31.2. The minimum absolute atomic E-state index is 0.136. The van der Waals surface area contributed by atoms with E-state index in [2.05, 4.69) is 5.43 Å². The van der Waals surface area contributed by atoms with E-state index in [0.717, 1.165) is 10.6 Å². The van der Waals surface area contributed by atoms with Crippen LogP contribution in [0, 0.1) is 0 Å². The molecular weight excluding hydrogens is 271 g/mol. The Hall–Kier alpha value is -1.90. The van der Waals surface area contributed by atoms with Crippen LogP contribution in [-0.4, -0.2) is 12.1 Å². The zero-order valence-corrected chi connectivity index (χ0v) is 11.9. The standard InChI is InChI=1S/C15H17N2O2P/c16-17-15(18)11-12-20(19,13-7-3-1-4-8-13)14-9-5-2-6-10-14/h1-10H,11-12,16H2,(H,17,18). The summed E-state index contributed by atoms with van der Waals surface area (Å²) >= 11 is 0. The van der Waals surface area contributed by atoms with Crippen molar-refractivity contribution >= 4 is 23.7 Å². The number of rotatable bonds is 5. The van der Waals surface area contributed by atoms with E-state index in [9.17, 15) is 9.36 Å². The van der Waals surface area contributed by atoms with E-state index >= 15 is 0 Å². The molecule has 5 heteroatoms. The fraction of sp³-hybridized carbons (Fsp3) is 0.133. The number of nitrogens with two attached hydrogens (primary N) is 1. The van der Waals surface area contributed by atoms with Gasteiger partial charge in [0.1, 0.15) is 7.14 Å². The van der Waals surface area contributed by atoms with Crippen molar-refractivity contribution < 1.29 is 9.36 Å². The van der Waals surface area contributed by atoms with Crippen LogP contribution in [0.2, 0.25) is 0 Å². The third-order valence-electron chi connectivity index (χ3n) is 3.16. The summed E-state index contributed by atoms with van der Waals surface area (Å²) in [5, 5.41) is 1.52. The third kappa shape index (κ3) is 3.16. The maximum Gasteiger partial charge on any atom is 0.234 e. The highest BCUT2D eigenvalue weighted by molar-refractivity contribution is 7.78. The van der Waals surface area contributed by atoms with E-state index < -0.39 is 7.14 Å². The molecule has 0 heterocycles. The van der Waals surface area contributed by atoms with Crippen LogP contribution >= 0.6 is 7.14 Å². The van der Waals surface area contributed by atoms with Gasteiger partial charge in [-0.2, -0.15) is 0 Å². The molecule has 0 aromatic heterocycles. The smallest absolute Gasteiger partial charge is 0.234 e. The first kappa shape index (κ1) is 14.5. The molecule has 4 nitrogen and oxygen atoms in total. The van der Waals surface area contributed by atoms with Gasteiger partial charge in [0, 0.05) is 23.2 Å². The predicted molar refractivity (Wildman–Crippen MR) is 81.6 cm³/mol. The first-order chi connectivity index (χ1) is 9.66. The van der Waals surface area contributed by atoms with Crippen molar-refractivity contribution in [3.8, 4) is 0 Å². The quantitative estimate of drug-likeness (QED) is 0.378. The van der Waals surface area contributed by atoms with Crippen LogP contribution in [0.4, 0.5) is 0 Å². The van der Waals surface area contributed by atoms with Crippen LogP contribution in [-0.2, 0) is 9.36 Å². The van der Waals surface area contributed by atoms with Gasteiger partial charge >= 0.3 is 0 Å². The highest BCUT2D eigenvalue weighted by Gasteiger charge is 2.27. The summed E-state index contributed by atoms with van der Waals surface area (Å²) in [5.74, 6) is 4.78. The molecule has 0 saturated heterocycles. The van der Waals surface area contributed by atoms with Crippen molar-refractivity contribution in [3.05, 3.63) is 60.7 Å².